The zero-order valence-corrected chi connectivity index (χ0v) is 9.91. The van der Waals surface area contributed by atoms with Crippen molar-refractivity contribution in [3.8, 4) is 0 Å². The molecule has 0 N–H and O–H groups in total. The molecule has 0 atom stereocenters. The van der Waals surface area contributed by atoms with Crippen LogP contribution in [0.4, 0.5) is 4.39 Å². The van der Waals surface area contributed by atoms with Crippen molar-refractivity contribution in [3.63, 3.8) is 0 Å². The molecule has 16 heavy (non-hydrogen) atoms. The number of hydrogen-bond acceptors (Lipinski definition) is 0. The number of nitrogens with zero attached hydrogens (tertiary/aromatic N) is 1. The first-order chi connectivity index (χ1) is 7.74. The van der Waals surface area contributed by atoms with E-state index in [0.717, 1.165) is 17.4 Å². The highest BCUT2D eigenvalue weighted by Crippen LogP contribution is 2.20. The Labute approximate surface area is 95.9 Å². The second-order valence-corrected chi connectivity index (χ2v) is 4.35. The van der Waals surface area contributed by atoms with Gasteiger partial charge in [0.25, 0.3) is 0 Å². The Kier molecular flexibility index (Phi) is 3.28. The fourth-order valence-corrected chi connectivity index (χ4v) is 2.16. The Balaban J connectivity index is 2.31. The summed E-state index contributed by atoms with van der Waals surface area (Å²) in [6.07, 6.45) is 4.44. The summed E-state index contributed by atoms with van der Waals surface area (Å²) in [5.41, 5.74) is 1.13. The molecule has 1 heterocycles. The lowest BCUT2D eigenvalue weighted by atomic mass is 10.0. The van der Waals surface area contributed by atoms with Gasteiger partial charge in [-0.1, -0.05) is 26.7 Å². The van der Waals surface area contributed by atoms with Crippen molar-refractivity contribution in [2.24, 2.45) is 5.92 Å². The Bertz CT molecular complexity index is 469. The lowest BCUT2D eigenvalue weighted by Gasteiger charge is -2.14. The smallest absolute Gasteiger partial charge is 0.123 e. The molecule has 0 fully saturated rings. The average Bonchev–Trinajstić information content (AvgIpc) is 2.68. The number of halogens is 1. The molecule has 0 amide bonds. The van der Waals surface area contributed by atoms with Crippen LogP contribution in [0.15, 0.2) is 30.5 Å². The number of aromatic nitrogens is 1. The van der Waals surface area contributed by atoms with Gasteiger partial charge in [-0.3, -0.25) is 0 Å². The molecule has 0 aliphatic heterocycles. The van der Waals surface area contributed by atoms with Crippen LogP contribution in [0.3, 0.4) is 0 Å². The van der Waals surface area contributed by atoms with E-state index in [4.69, 9.17) is 0 Å². The van der Waals surface area contributed by atoms with Crippen LogP contribution in [0, 0.1) is 11.7 Å². The van der Waals surface area contributed by atoms with Crippen molar-refractivity contribution in [2.75, 3.05) is 0 Å². The van der Waals surface area contributed by atoms with Crippen molar-refractivity contribution < 1.29 is 4.39 Å². The van der Waals surface area contributed by atoms with Crippen LogP contribution in [0.5, 0.6) is 0 Å². The second-order valence-electron chi connectivity index (χ2n) is 4.35. The maximum atomic E-state index is 13.0. The van der Waals surface area contributed by atoms with Gasteiger partial charge in [-0.25, -0.2) is 4.39 Å². The van der Waals surface area contributed by atoms with E-state index in [-0.39, 0.29) is 5.82 Å². The van der Waals surface area contributed by atoms with E-state index in [1.807, 2.05) is 12.1 Å². The minimum Gasteiger partial charge on any atom is -0.347 e. The van der Waals surface area contributed by atoms with Crippen molar-refractivity contribution in [3.05, 3.63) is 36.3 Å². The normalized spacial score (nSPS) is 11.5. The van der Waals surface area contributed by atoms with Crippen LogP contribution in [0.2, 0.25) is 0 Å². The third kappa shape index (κ3) is 2.11. The molecule has 0 unspecified atom stereocenters. The SMILES string of the molecule is CCC(CC)Cn1ccc2cc(F)ccc21. The molecule has 86 valence electrons. The molecule has 2 heteroatoms. The topological polar surface area (TPSA) is 4.93 Å². The molecule has 0 saturated carbocycles. The molecule has 1 aromatic carbocycles. The van der Waals surface area contributed by atoms with Gasteiger partial charge in [-0.2, -0.15) is 0 Å². The molecule has 0 saturated heterocycles. The Morgan fingerprint density at radius 1 is 1.19 bits per heavy atom. The minimum atomic E-state index is -0.159. The highest BCUT2D eigenvalue weighted by molar-refractivity contribution is 5.80. The fourth-order valence-electron chi connectivity index (χ4n) is 2.16. The highest BCUT2D eigenvalue weighted by Gasteiger charge is 2.07. The molecule has 2 aromatic rings. The van der Waals surface area contributed by atoms with E-state index < -0.39 is 0 Å². The lowest BCUT2D eigenvalue weighted by Crippen LogP contribution is -2.07. The van der Waals surface area contributed by atoms with E-state index in [2.05, 4.69) is 24.6 Å². The first kappa shape index (κ1) is 11.2. The van der Waals surface area contributed by atoms with Crippen LogP contribution in [-0.4, -0.2) is 4.57 Å². The maximum absolute atomic E-state index is 13.0. The highest BCUT2D eigenvalue weighted by atomic mass is 19.1. The van der Waals surface area contributed by atoms with Gasteiger partial charge < -0.3 is 4.57 Å². The number of fused-ring (bicyclic) bond motifs is 1. The monoisotopic (exact) mass is 219 g/mol. The van der Waals surface area contributed by atoms with Crippen LogP contribution in [0.1, 0.15) is 26.7 Å². The first-order valence-corrected chi connectivity index (χ1v) is 5.99. The number of benzene rings is 1. The Morgan fingerprint density at radius 3 is 2.62 bits per heavy atom. The predicted octanol–water partition coefficient (Wildman–Crippen LogP) is 4.22. The van der Waals surface area contributed by atoms with E-state index in [1.54, 1.807) is 6.07 Å². The largest absolute Gasteiger partial charge is 0.347 e. The first-order valence-electron chi connectivity index (χ1n) is 5.99. The van der Waals surface area contributed by atoms with Gasteiger partial charge in [-0.05, 0) is 30.2 Å². The zero-order chi connectivity index (χ0) is 11.5. The summed E-state index contributed by atoms with van der Waals surface area (Å²) < 4.78 is 15.3. The average molecular weight is 219 g/mol. The second kappa shape index (κ2) is 4.69. The van der Waals surface area contributed by atoms with E-state index in [0.29, 0.717) is 5.92 Å². The fraction of sp³-hybridized carbons (Fsp3) is 0.429. The molecule has 0 aliphatic carbocycles. The van der Waals surface area contributed by atoms with Crippen LogP contribution in [-0.2, 0) is 6.54 Å². The van der Waals surface area contributed by atoms with E-state index in [1.165, 1.54) is 18.9 Å². The zero-order valence-electron chi connectivity index (χ0n) is 9.91. The van der Waals surface area contributed by atoms with E-state index in [9.17, 15) is 4.39 Å². The molecule has 0 aliphatic rings. The Morgan fingerprint density at radius 2 is 1.94 bits per heavy atom. The molecule has 0 spiro atoms. The quantitative estimate of drug-likeness (QED) is 0.725. The van der Waals surface area contributed by atoms with Gasteiger partial charge in [0.2, 0.25) is 0 Å². The van der Waals surface area contributed by atoms with Crippen molar-refractivity contribution in [2.45, 2.75) is 33.2 Å². The molecule has 0 radical (unpaired) electrons. The summed E-state index contributed by atoms with van der Waals surface area (Å²) in [6.45, 7) is 5.47. The van der Waals surface area contributed by atoms with Gasteiger partial charge in [0.15, 0.2) is 0 Å². The molecule has 2 rings (SSSR count). The summed E-state index contributed by atoms with van der Waals surface area (Å²) in [5, 5.41) is 0.992. The molecule has 1 aromatic heterocycles. The molecular weight excluding hydrogens is 201 g/mol. The van der Waals surface area contributed by atoms with Crippen molar-refractivity contribution in [1.29, 1.82) is 0 Å². The molecular formula is C14H18FN. The maximum Gasteiger partial charge on any atom is 0.123 e. The summed E-state index contributed by atoms with van der Waals surface area (Å²) in [6, 6.07) is 6.98. The third-order valence-electron chi connectivity index (χ3n) is 3.34. The van der Waals surface area contributed by atoms with E-state index >= 15 is 0 Å². The van der Waals surface area contributed by atoms with Crippen molar-refractivity contribution in [1.82, 2.24) is 4.57 Å². The van der Waals surface area contributed by atoms with Gasteiger partial charge >= 0.3 is 0 Å². The third-order valence-corrected chi connectivity index (χ3v) is 3.34. The summed E-state index contributed by atoms with van der Waals surface area (Å²) in [7, 11) is 0. The lowest BCUT2D eigenvalue weighted by molar-refractivity contribution is 0.425. The van der Waals surface area contributed by atoms with Gasteiger partial charge in [-0.15, -0.1) is 0 Å². The van der Waals surface area contributed by atoms with Crippen molar-refractivity contribution >= 4 is 10.9 Å². The summed E-state index contributed by atoms with van der Waals surface area (Å²) in [5.74, 6) is 0.549. The summed E-state index contributed by atoms with van der Waals surface area (Å²) >= 11 is 0. The van der Waals surface area contributed by atoms with Gasteiger partial charge in [0.1, 0.15) is 5.82 Å². The van der Waals surface area contributed by atoms with Crippen LogP contribution < -0.4 is 0 Å². The molecule has 1 nitrogen and oxygen atoms in total. The van der Waals surface area contributed by atoms with Gasteiger partial charge in [0.05, 0.1) is 0 Å². The van der Waals surface area contributed by atoms with Gasteiger partial charge in [0, 0.05) is 23.6 Å². The Hall–Kier alpha value is -1.31. The predicted molar refractivity (Wildman–Crippen MR) is 66.0 cm³/mol. The molecule has 0 bridgehead atoms. The summed E-state index contributed by atoms with van der Waals surface area (Å²) in [4.78, 5) is 0. The minimum absolute atomic E-state index is 0.159. The van der Waals surface area contributed by atoms with Crippen LogP contribution >= 0.6 is 0 Å². The number of rotatable bonds is 4. The number of hydrogen-bond donors (Lipinski definition) is 0. The standard InChI is InChI=1S/C14H18FN/c1-3-11(4-2)10-16-8-7-12-9-13(15)5-6-14(12)16/h5-9,11H,3-4,10H2,1-2H3. The van der Waals surface area contributed by atoms with Crippen LogP contribution in [0.25, 0.3) is 10.9 Å².